The first-order valence-corrected chi connectivity index (χ1v) is 11.6. The molecule has 1 rings (SSSR count). The number of carbonyl (C=O) groups excluding carboxylic acids is 6. The summed E-state index contributed by atoms with van der Waals surface area (Å²) in [5.41, 5.74) is -4.27. The van der Waals surface area contributed by atoms with E-state index in [2.05, 4.69) is 5.32 Å². The van der Waals surface area contributed by atoms with Gasteiger partial charge in [0.25, 0.3) is 0 Å². The Labute approximate surface area is 219 Å². The van der Waals surface area contributed by atoms with Crippen molar-refractivity contribution in [3.63, 3.8) is 0 Å². The van der Waals surface area contributed by atoms with Crippen molar-refractivity contribution in [1.29, 1.82) is 0 Å². The molecule has 4 amide bonds. The zero-order chi connectivity index (χ0) is 29.3. The predicted octanol–water partition coefficient (Wildman–Crippen LogP) is -1.13. The Hall–Kier alpha value is -3.59. The van der Waals surface area contributed by atoms with E-state index in [1.54, 1.807) is 41.5 Å². The molecule has 0 bridgehead atoms. The summed E-state index contributed by atoms with van der Waals surface area (Å²) in [4.78, 5) is 85.6. The number of imide groups is 1. The number of ether oxygens (including phenoxy) is 4. The number of rotatable bonds is 13. The number of nitrogens with one attached hydrogen (secondary N) is 2. The molecule has 0 spiro atoms. The highest BCUT2D eigenvalue weighted by atomic mass is 16.6. The van der Waals surface area contributed by atoms with E-state index in [0.717, 1.165) is 0 Å². The smallest absolute Gasteiger partial charge is 0.353 e. The van der Waals surface area contributed by atoms with E-state index in [0.29, 0.717) is 4.90 Å². The van der Waals surface area contributed by atoms with Gasteiger partial charge < -0.3 is 34.7 Å². The molecule has 1 fully saturated rings. The van der Waals surface area contributed by atoms with E-state index < -0.39 is 91.4 Å². The molecule has 1 atom stereocenters. The molecule has 3 N–H and O–H groups in total. The Kier molecular flexibility index (Phi) is 11.3. The van der Waals surface area contributed by atoms with Crippen LogP contribution in [0.3, 0.4) is 0 Å². The molecule has 1 saturated heterocycles. The van der Waals surface area contributed by atoms with Crippen molar-refractivity contribution in [3.05, 3.63) is 0 Å². The fourth-order valence-corrected chi connectivity index (χ4v) is 3.15. The summed E-state index contributed by atoms with van der Waals surface area (Å²) in [5, 5.41) is 14.2. The van der Waals surface area contributed by atoms with Gasteiger partial charge in [0.05, 0.1) is 6.54 Å². The summed E-state index contributed by atoms with van der Waals surface area (Å²) < 4.78 is 20.0. The molecule has 214 valence electrons. The van der Waals surface area contributed by atoms with Gasteiger partial charge in [-0.25, -0.2) is 19.3 Å². The normalized spacial score (nSPS) is 15.5. The second kappa shape index (κ2) is 13.3. The van der Waals surface area contributed by atoms with Gasteiger partial charge in [-0.3, -0.25) is 19.2 Å². The number of carboxylic acid groups (broad SMARTS) is 1. The summed E-state index contributed by atoms with van der Waals surface area (Å²) in [6.45, 7) is 6.16. The van der Waals surface area contributed by atoms with Crippen molar-refractivity contribution < 1.29 is 57.6 Å². The molecular weight excluding hydrogens is 510 g/mol. The number of esters is 2. The maximum absolute atomic E-state index is 12.5. The number of amides is 4. The summed E-state index contributed by atoms with van der Waals surface area (Å²) >= 11 is 0. The molecule has 15 heteroatoms. The predicted molar refractivity (Wildman–Crippen MR) is 126 cm³/mol. The van der Waals surface area contributed by atoms with Crippen molar-refractivity contribution in [1.82, 2.24) is 15.5 Å². The largest absolute Gasteiger partial charge is 0.478 e. The molecule has 1 heterocycles. The van der Waals surface area contributed by atoms with Gasteiger partial charge in [-0.1, -0.05) is 0 Å². The molecule has 0 radical (unpaired) electrons. The molecule has 0 aliphatic carbocycles. The van der Waals surface area contributed by atoms with Crippen LogP contribution >= 0.6 is 0 Å². The van der Waals surface area contributed by atoms with Gasteiger partial charge in [-0.15, -0.1) is 0 Å². The van der Waals surface area contributed by atoms with Crippen LogP contribution in [0.15, 0.2) is 0 Å². The molecule has 1 aliphatic heterocycles. The van der Waals surface area contributed by atoms with Crippen LogP contribution in [0.2, 0.25) is 0 Å². The summed E-state index contributed by atoms with van der Waals surface area (Å²) in [6, 6.07) is 0. The van der Waals surface area contributed by atoms with Gasteiger partial charge in [-0.05, 0) is 41.5 Å². The van der Waals surface area contributed by atoms with Crippen molar-refractivity contribution in [3.8, 4) is 0 Å². The maximum Gasteiger partial charge on any atom is 0.353 e. The van der Waals surface area contributed by atoms with Crippen LogP contribution in [0.5, 0.6) is 0 Å². The fraction of sp³-hybridized carbons (Fsp3) is 0.696. The van der Waals surface area contributed by atoms with Crippen molar-refractivity contribution in [2.24, 2.45) is 0 Å². The maximum atomic E-state index is 12.5. The SMILES string of the molecule is CC(C)(C)OC(=O)COCC(=O)NC[C@@](NC(=O)COCC(=O)OC(C)(C)C)(C(=O)O)N1C(=O)CCC1=O. The highest BCUT2D eigenvalue weighted by Crippen LogP contribution is 2.23. The Morgan fingerprint density at radius 2 is 1.18 bits per heavy atom. The van der Waals surface area contributed by atoms with Crippen molar-refractivity contribution in [2.45, 2.75) is 71.2 Å². The first-order chi connectivity index (χ1) is 17.4. The van der Waals surface area contributed by atoms with E-state index in [9.17, 15) is 38.7 Å². The summed E-state index contributed by atoms with van der Waals surface area (Å²) in [6.07, 6.45) is -0.600. The van der Waals surface area contributed by atoms with Crippen LogP contribution in [0.4, 0.5) is 0 Å². The van der Waals surface area contributed by atoms with Crippen molar-refractivity contribution in [2.75, 3.05) is 33.0 Å². The van der Waals surface area contributed by atoms with E-state index >= 15 is 0 Å². The Bertz CT molecular complexity index is 934. The number of carboxylic acids is 1. The van der Waals surface area contributed by atoms with Crippen molar-refractivity contribution >= 4 is 41.5 Å². The molecule has 0 saturated carbocycles. The van der Waals surface area contributed by atoms with E-state index in [4.69, 9.17) is 18.9 Å². The van der Waals surface area contributed by atoms with Crippen LogP contribution < -0.4 is 10.6 Å². The first kappa shape index (κ1) is 32.4. The third-order valence-electron chi connectivity index (χ3n) is 4.42. The summed E-state index contributed by atoms with van der Waals surface area (Å²) in [5.74, 6) is -7.12. The molecule has 15 nitrogen and oxygen atoms in total. The standard InChI is InChI=1S/C23H35N3O12/c1-21(2,3)37-18(31)11-35-9-14(27)24-13-23(20(33)34,26-16(29)7-8-17(26)30)25-15(28)10-36-12-19(32)38-22(4,5)6/h7-13H2,1-6H3,(H,24,27)(H,25,28)(H,33,34)/t23-/m0/s1. The molecule has 0 unspecified atom stereocenters. The zero-order valence-electron chi connectivity index (χ0n) is 22.3. The molecule has 0 aromatic rings. The van der Waals surface area contributed by atoms with Gasteiger partial charge in [0, 0.05) is 12.8 Å². The highest BCUT2D eigenvalue weighted by molar-refractivity contribution is 6.07. The number of hydrogen-bond donors (Lipinski definition) is 3. The molecular formula is C23H35N3O12. The van der Waals surface area contributed by atoms with Gasteiger partial charge in [0.2, 0.25) is 29.3 Å². The quantitative estimate of drug-likeness (QED) is 0.186. The fourth-order valence-electron chi connectivity index (χ4n) is 3.15. The lowest BCUT2D eigenvalue weighted by molar-refractivity contribution is -0.168. The zero-order valence-corrected chi connectivity index (χ0v) is 22.3. The molecule has 0 aromatic carbocycles. The van der Waals surface area contributed by atoms with Gasteiger partial charge in [0.1, 0.15) is 37.6 Å². The minimum atomic E-state index is -2.70. The number of hydrogen-bond acceptors (Lipinski definition) is 11. The van der Waals surface area contributed by atoms with Gasteiger partial charge >= 0.3 is 17.9 Å². The van der Waals surface area contributed by atoms with E-state index in [-0.39, 0.29) is 12.8 Å². The Balaban J connectivity index is 2.88. The molecule has 1 aliphatic rings. The third kappa shape index (κ3) is 10.8. The van der Waals surface area contributed by atoms with Gasteiger partial charge in [-0.2, -0.15) is 0 Å². The number of aliphatic carboxylic acids is 1. The Morgan fingerprint density at radius 3 is 1.58 bits per heavy atom. The average molecular weight is 546 g/mol. The van der Waals surface area contributed by atoms with E-state index in [1.165, 1.54) is 0 Å². The van der Waals surface area contributed by atoms with E-state index in [1.807, 2.05) is 5.32 Å². The molecule has 38 heavy (non-hydrogen) atoms. The lowest BCUT2D eigenvalue weighted by Gasteiger charge is -2.37. The van der Waals surface area contributed by atoms with Crippen LogP contribution in [0.1, 0.15) is 54.4 Å². The van der Waals surface area contributed by atoms with Gasteiger partial charge in [0.15, 0.2) is 0 Å². The number of carbonyl (C=O) groups is 7. The number of nitrogens with zero attached hydrogens (tertiary/aromatic N) is 1. The van der Waals surface area contributed by atoms with Crippen LogP contribution in [0.25, 0.3) is 0 Å². The first-order valence-electron chi connectivity index (χ1n) is 11.6. The van der Waals surface area contributed by atoms with Crippen LogP contribution in [-0.2, 0) is 52.5 Å². The third-order valence-corrected chi connectivity index (χ3v) is 4.42. The topological polar surface area (TPSA) is 204 Å². The lowest BCUT2D eigenvalue weighted by Crippen LogP contribution is -2.72. The second-order valence-electron chi connectivity index (χ2n) is 10.3. The summed E-state index contributed by atoms with van der Waals surface area (Å²) in [7, 11) is 0. The number of likely N-dealkylation sites (tertiary alicyclic amines) is 1. The average Bonchev–Trinajstić information content (AvgIpc) is 3.06. The Morgan fingerprint density at radius 1 is 0.763 bits per heavy atom. The minimum Gasteiger partial charge on any atom is -0.478 e. The highest BCUT2D eigenvalue weighted by Gasteiger charge is 2.53. The van der Waals surface area contributed by atoms with Crippen LogP contribution in [0, 0.1) is 0 Å². The second-order valence-corrected chi connectivity index (χ2v) is 10.3. The minimum absolute atomic E-state index is 0.300. The molecule has 0 aromatic heterocycles. The monoisotopic (exact) mass is 545 g/mol. The lowest BCUT2D eigenvalue weighted by atomic mass is 10.1. The van der Waals surface area contributed by atoms with Crippen LogP contribution in [-0.4, -0.2) is 101 Å².